The SMILES string of the molecule is CCOC(=O)c1nc(C)cc(-c2ccccc2)c1O. The molecule has 2 aromatic rings. The van der Waals surface area contributed by atoms with Crippen molar-refractivity contribution in [2.24, 2.45) is 0 Å². The van der Waals surface area contributed by atoms with Crippen molar-refractivity contribution < 1.29 is 14.6 Å². The van der Waals surface area contributed by atoms with E-state index in [2.05, 4.69) is 4.98 Å². The number of hydrogen-bond donors (Lipinski definition) is 1. The molecule has 0 unspecified atom stereocenters. The van der Waals surface area contributed by atoms with Crippen molar-refractivity contribution in [2.45, 2.75) is 13.8 Å². The summed E-state index contributed by atoms with van der Waals surface area (Å²) in [6.07, 6.45) is 0. The van der Waals surface area contributed by atoms with Crippen LogP contribution in [0.4, 0.5) is 0 Å². The molecule has 0 aliphatic heterocycles. The Kier molecular flexibility index (Phi) is 3.80. The first kappa shape index (κ1) is 13.1. The van der Waals surface area contributed by atoms with Gasteiger partial charge in [0.1, 0.15) is 0 Å². The fourth-order valence-electron chi connectivity index (χ4n) is 1.85. The van der Waals surface area contributed by atoms with Crippen LogP contribution in [0.5, 0.6) is 5.75 Å². The average Bonchev–Trinajstić information content (AvgIpc) is 2.42. The van der Waals surface area contributed by atoms with Gasteiger partial charge in [-0.15, -0.1) is 0 Å². The molecular weight excluding hydrogens is 242 g/mol. The van der Waals surface area contributed by atoms with Crippen LogP contribution in [0.3, 0.4) is 0 Å². The van der Waals surface area contributed by atoms with Crippen LogP contribution in [0.1, 0.15) is 23.1 Å². The predicted octanol–water partition coefficient (Wildman–Crippen LogP) is 2.94. The van der Waals surface area contributed by atoms with Gasteiger partial charge in [0.05, 0.1) is 6.61 Å². The summed E-state index contributed by atoms with van der Waals surface area (Å²) in [6.45, 7) is 3.73. The van der Waals surface area contributed by atoms with E-state index in [0.29, 0.717) is 11.3 Å². The van der Waals surface area contributed by atoms with E-state index in [1.54, 1.807) is 19.9 Å². The van der Waals surface area contributed by atoms with Crippen LogP contribution in [-0.4, -0.2) is 22.7 Å². The van der Waals surface area contributed by atoms with Gasteiger partial charge in [-0.05, 0) is 25.5 Å². The van der Waals surface area contributed by atoms with Gasteiger partial charge >= 0.3 is 5.97 Å². The molecule has 0 bridgehead atoms. The van der Waals surface area contributed by atoms with Gasteiger partial charge in [0, 0.05) is 11.3 Å². The lowest BCUT2D eigenvalue weighted by Gasteiger charge is -2.10. The number of ether oxygens (including phenoxy) is 1. The third-order valence-electron chi connectivity index (χ3n) is 2.67. The number of aryl methyl sites for hydroxylation is 1. The predicted molar refractivity (Wildman–Crippen MR) is 72.0 cm³/mol. The lowest BCUT2D eigenvalue weighted by molar-refractivity contribution is 0.0515. The number of aromatic nitrogens is 1. The summed E-state index contributed by atoms with van der Waals surface area (Å²) in [4.78, 5) is 15.8. The molecule has 0 radical (unpaired) electrons. The van der Waals surface area contributed by atoms with Crippen LogP contribution in [-0.2, 0) is 4.74 Å². The normalized spacial score (nSPS) is 10.2. The first-order valence-electron chi connectivity index (χ1n) is 6.06. The molecule has 0 fully saturated rings. The van der Waals surface area contributed by atoms with Crippen LogP contribution >= 0.6 is 0 Å². The fraction of sp³-hybridized carbons (Fsp3) is 0.200. The van der Waals surface area contributed by atoms with Crippen LogP contribution in [0.15, 0.2) is 36.4 Å². The summed E-state index contributed by atoms with van der Waals surface area (Å²) >= 11 is 0. The highest BCUT2D eigenvalue weighted by atomic mass is 16.5. The molecule has 0 atom stereocenters. The second-order valence-corrected chi connectivity index (χ2v) is 4.09. The largest absolute Gasteiger partial charge is 0.505 e. The Morgan fingerprint density at radius 3 is 2.63 bits per heavy atom. The maximum Gasteiger partial charge on any atom is 0.360 e. The minimum atomic E-state index is -0.610. The maximum absolute atomic E-state index is 11.8. The molecular formula is C15H15NO3. The van der Waals surface area contributed by atoms with E-state index in [9.17, 15) is 9.90 Å². The number of aromatic hydroxyl groups is 1. The van der Waals surface area contributed by atoms with Crippen molar-refractivity contribution in [1.82, 2.24) is 4.98 Å². The average molecular weight is 257 g/mol. The molecule has 19 heavy (non-hydrogen) atoms. The molecule has 4 heteroatoms. The Hall–Kier alpha value is -2.36. The van der Waals surface area contributed by atoms with E-state index in [0.717, 1.165) is 5.56 Å². The zero-order chi connectivity index (χ0) is 13.8. The monoisotopic (exact) mass is 257 g/mol. The van der Waals surface area contributed by atoms with Crippen molar-refractivity contribution in [2.75, 3.05) is 6.61 Å². The molecule has 0 aliphatic carbocycles. The van der Waals surface area contributed by atoms with Crippen LogP contribution in [0.2, 0.25) is 0 Å². The lowest BCUT2D eigenvalue weighted by atomic mass is 10.0. The van der Waals surface area contributed by atoms with E-state index < -0.39 is 5.97 Å². The van der Waals surface area contributed by atoms with Crippen LogP contribution < -0.4 is 0 Å². The smallest absolute Gasteiger partial charge is 0.360 e. The number of pyridine rings is 1. The summed E-state index contributed by atoms with van der Waals surface area (Å²) in [5.74, 6) is -0.754. The van der Waals surface area contributed by atoms with Gasteiger partial charge < -0.3 is 9.84 Å². The topological polar surface area (TPSA) is 59.4 Å². The Morgan fingerprint density at radius 1 is 1.32 bits per heavy atom. The standard InChI is InChI=1S/C15H15NO3/c1-3-19-15(18)13-14(17)12(9-10(2)16-13)11-7-5-4-6-8-11/h4-9,17H,3H2,1-2H3. The number of rotatable bonds is 3. The molecule has 2 rings (SSSR count). The van der Waals surface area contributed by atoms with E-state index in [-0.39, 0.29) is 18.1 Å². The number of benzene rings is 1. The van der Waals surface area contributed by atoms with E-state index >= 15 is 0 Å². The molecule has 0 saturated heterocycles. The molecule has 1 N–H and O–H groups in total. The molecule has 0 saturated carbocycles. The quantitative estimate of drug-likeness (QED) is 0.859. The summed E-state index contributed by atoms with van der Waals surface area (Å²) < 4.78 is 4.89. The molecule has 1 aromatic heterocycles. The Labute approximate surface area is 111 Å². The van der Waals surface area contributed by atoms with Crippen LogP contribution in [0, 0.1) is 6.92 Å². The molecule has 0 aliphatic rings. The Morgan fingerprint density at radius 2 is 2.00 bits per heavy atom. The van der Waals surface area contributed by atoms with Crippen molar-refractivity contribution in [1.29, 1.82) is 0 Å². The highest BCUT2D eigenvalue weighted by Gasteiger charge is 2.19. The summed E-state index contributed by atoms with van der Waals surface area (Å²) in [7, 11) is 0. The van der Waals surface area contributed by atoms with Gasteiger partial charge in [0.25, 0.3) is 0 Å². The van der Waals surface area contributed by atoms with Crippen molar-refractivity contribution >= 4 is 5.97 Å². The molecule has 98 valence electrons. The van der Waals surface area contributed by atoms with E-state index in [4.69, 9.17) is 4.74 Å². The van der Waals surface area contributed by atoms with Gasteiger partial charge in [-0.3, -0.25) is 0 Å². The Balaban J connectivity index is 2.55. The number of carbonyl (C=O) groups is 1. The van der Waals surface area contributed by atoms with Gasteiger partial charge in [-0.2, -0.15) is 0 Å². The van der Waals surface area contributed by atoms with E-state index in [1.807, 2.05) is 30.3 Å². The first-order valence-corrected chi connectivity index (χ1v) is 6.06. The molecule has 4 nitrogen and oxygen atoms in total. The number of carbonyl (C=O) groups excluding carboxylic acids is 1. The number of hydrogen-bond acceptors (Lipinski definition) is 4. The summed E-state index contributed by atoms with van der Waals surface area (Å²) in [5, 5.41) is 10.2. The highest BCUT2D eigenvalue weighted by molar-refractivity contribution is 5.93. The fourth-order valence-corrected chi connectivity index (χ4v) is 1.85. The van der Waals surface area contributed by atoms with Gasteiger partial charge in [-0.25, -0.2) is 9.78 Å². The van der Waals surface area contributed by atoms with Crippen molar-refractivity contribution in [3.05, 3.63) is 47.8 Å². The maximum atomic E-state index is 11.8. The highest BCUT2D eigenvalue weighted by Crippen LogP contribution is 2.32. The molecule has 1 aromatic carbocycles. The van der Waals surface area contributed by atoms with Crippen LogP contribution in [0.25, 0.3) is 11.1 Å². The van der Waals surface area contributed by atoms with Gasteiger partial charge in [0.15, 0.2) is 11.4 Å². The number of esters is 1. The third kappa shape index (κ3) is 2.73. The zero-order valence-corrected chi connectivity index (χ0v) is 10.9. The minimum absolute atomic E-state index is 0.0410. The van der Waals surface area contributed by atoms with Gasteiger partial charge in [-0.1, -0.05) is 30.3 Å². The summed E-state index contributed by atoms with van der Waals surface area (Å²) in [5.41, 5.74) is 2.02. The second kappa shape index (κ2) is 5.52. The number of nitrogens with zero attached hydrogens (tertiary/aromatic N) is 1. The van der Waals surface area contributed by atoms with Crippen molar-refractivity contribution in [3.8, 4) is 16.9 Å². The zero-order valence-electron chi connectivity index (χ0n) is 10.9. The molecule has 0 spiro atoms. The molecule has 1 heterocycles. The molecule has 0 amide bonds. The minimum Gasteiger partial charge on any atom is -0.505 e. The first-order chi connectivity index (χ1) is 9.13. The lowest BCUT2D eigenvalue weighted by Crippen LogP contribution is -2.08. The van der Waals surface area contributed by atoms with E-state index in [1.165, 1.54) is 0 Å². The van der Waals surface area contributed by atoms with Crippen molar-refractivity contribution in [3.63, 3.8) is 0 Å². The second-order valence-electron chi connectivity index (χ2n) is 4.09. The third-order valence-corrected chi connectivity index (χ3v) is 2.67. The summed E-state index contributed by atoms with van der Waals surface area (Å²) in [6, 6.07) is 11.1. The Bertz CT molecular complexity index is 594. The van der Waals surface area contributed by atoms with Gasteiger partial charge in [0.2, 0.25) is 0 Å².